The molecule has 4 radical (unpaired) electrons. The molecule has 0 fully saturated rings. The van der Waals surface area contributed by atoms with Crippen LogP contribution in [0.5, 0.6) is 0 Å². The van der Waals surface area contributed by atoms with Gasteiger partial charge in [-0.1, -0.05) is 0 Å². The Balaban J connectivity index is 0. The van der Waals surface area contributed by atoms with Crippen molar-refractivity contribution in [1.29, 1.82) is 0 Å². The maximum atomic E-state index is 0. The van der Waals surface area contributed by atoms with E-state index >= 15 is 0 Å². The smallest absolute Gasteiger partial charge is 0 e. The zero-order valence-electron chi connectivity index (χ0n) is 4.00. The second kappa shape index (κ2) is 87.8. The van der Waals surface area contributed by atoms with E-state index in [-0.39, 0.29) is 391 Å². The molecule has 0 saturated carbocycles. The minimum Gasteiger partial charge on any atom is 0 e. The first-order valence-electron chi connectivity index (χ1n) is 0. The summed E-state index contributed by atoms with van der Waals surface area (Å²) in [6.45, 7) is 0. The topological polar surface area (TPSA) is 0 Å². The van der Waals surface area contributed by atoms with Gasteiger partial charge in [-0.2, -0.15) is 0 Å². The van der Waals surface area contributed by atoms with Crippen LogP contribution < -0.4 is 0 Å². The standard InChI is InChI=1S/9GeH4.4Rb/h9*1H4;;;;. The quantitative estimate of drug-likeness (QED) is 0.212. The van der Waals surface area contributed by atoms with Crippen LogP contribution in [-0.4, -0.2) is 391 Å². The average molecular weight is 1030 g/mol. The van der Waals surface area contributed by atoms with Gasteiger partial charge in [-0.05, 0) is 0 Å². The summed E-state index contributed by atoms with van der Waals surface area (Å²) < 4.78 is 0. The Morgan fingerprint density at radius 3 is 0.154 bits per heavy atom. The van der Waals surface area contributed by atoms with Gasteiger partial charge < -0.3 is 0 Å². The third-order valence-corrected chi connectivity index (χ3v) is 0. The van der Waals surface area contributed by atoms with Gasteiger partial charge in [0, 0.05) is 233 Å². The second-order valence-electron chi connectivity index (χ2n) is 0. The first-order valence-corrected chi connectivity index (χ1v) is 0. The molecular formula is H36Ge9Rb4. The van der Waals surface area contributed by atoms with E-state index in [1.807, 2.05) is 0 Å². The van der Waals surface area contributed by atoms with E-state index in [1.54, 1.807) is 0 Å². The Morgan fingerprint density at radius 2 is 0.154 bits per heavy atom. The summed E-state index contributed by atoms with van der Waals surface area (Å²) in [7, 11) is 0. The van der Waals surface area contributed by atoms with E-state index in [1.165, 1.54) is 0 Å². The van der Waals surface area contributed by atoms with Gasteiger partial charge in [0.2, 0.25) is 0 Å². The maximum Gasteiger partial charge on any atom is 0 e. The maximum absolute atomic E-state index is 0. The van der Waals surface area contributed by atoms with Crippen LogP contribution >= 0.6 is 0 Å². The fourth-order valence-corrected chi connectivity index (χ4v) is 0. The minimum atomic E-state index is 0. The van der Waals surface area contributed by atoms with E-state index in [2.05, 4.69) is 0 Å². The number of hydrogen-bond acceptors (Lipinski definition) is 0. The summed E-state index contributed by atoms with van der Waals surface area (Å²) in [6.07, 6.45) is 0. The van der Waals surface area contributed by atoms with Crippen molar-refractivity contribution >= 4 is 391 Å². The van der Waals surface area contributed by atoms with Gasteiger partial charge >= 0.3 is 158 Å². The minimum absolute atomic E-state index is 0. The molecule has 0 N–H and O–H groups in total. The fraction of sp³-hybridized carbons (Fsp3) is 0. The van der Waals surface area contributed by atoms with Gasteiger partial charge in [0.25, 0.3) is 0 Å². The summed E-state index contributed by atoms with van der Waals surface area (Å²) in [5, 5.41) is 0. The molecule has 0 bridgehead atoms. The Bertz CT molecular complexity index is 11.6. The molecule has 0 aromatic rings. The molecule has 0 unspecified atom stereocenters. The Morgan fingerprint density at radius 1 is 0.154 bits per heavy atom. The number of rotatable bonds is 0. The molecule has 0 heterocycles. The molecule has 0 aliphatic rings. The monoisotopic (exact) mass is 1040 g/mol. The summed E-state index contributed by atoms with van der Waals surface area (Å²) in [6, 6.07) is 0. The third kappa shape index (κ3) is 80.4. The van der Waals surface area contributed by atoms with Crippen molar-refractivity contribution in [3.8, 4) is 0 Å². The molecule has 76 valence electrons. The fourth-order valence-electron chi connectivity index (χ4n) is 0. The third-order valence-electron chi connectivity index (χ3n) is 0. The molecule has 0 aromatic carbocycles. The van der Waals surface area contributed by atoms with Crippen LogP contribution in [0, 0.1) is 0 Å². The van der Waals surface area contributed by atoms with E-state index < -0.39 is 0 Å². The van der Waals surface area contributed by atoms with Crippen molar-refractivity contribution in [2.24, 2.45) is 0 Å². The van der Waals surface area contributed by atoms with Crippen LogP contribution in [-0.2, 0) is 0 Å². The molecule has 0 saturated heterocycles. The molecule has 0 aromatic heterocycles. The van der Waals surface area contributed by atoms with Crippen LogP contribution in [0.2, 0.25) is 0 Å². The molecule has 0 amide bonds. The van der Waals surface area contributed by atoms with E-state index in [0.717, 1.165) is 0 Å². The van der Waals surface area contributed by atoms with Crippen molar-refractivity contribution in [2.45, 2.75) is 0 Å². The van der Waals surface area contributed by atoms with Gasteiger partial charge in [0.15, 0.2) is 0 Å². The Kier molecular flexibility index (Phi) is 672. The molecule has 0 atom stereocenters. The SMILES string of the molecule is [GeH4].[GeH4].[GeH4].[GeH4].[GeH4].[GeH4].[GeH4].[GeH4].[GeH4].[Rb].[Rb].[Rb].[Rb]. The summed E-state index contributed by atoms with van der Waals surface area (Å²) in [4.78, 5) is 0. The summed E-state index contributed by atoms with van der Waals surface area (Å²) in [5.41, 5.74) is 0. The first kappa shape index (κ1) is 99.5. The van der Waals surface area contributed by atoms with Crippen LogP contribution in [0.1, 0.15) is 0 Å². The number of hydrogen-bond donors (Lipinski definition) is 0. The largest absolute Gasteiger partial charge is 0 e. The second-order valence-corrected chi connectivity index (χ2v) is 0. The van der Waals surface area contributed by atoms with Gasteiger partial charge in [0.05, 0.1) is 0 Å². The van der Waals surface area contributed by atoms with Gasteiger partial charge in [-0.3, -0.25) is 0 Å². The van der Waals surface area contributed by atoms with Gasteiger partial charge in [-0.25, -0.2) is 0 Å². The normalized spacial score (nSPS) is 0. The van der Waals surface area contributed by atoms with Crippen molar-refractivity contribution in [1.82, 2.24) is 0 Å². The predicted molar refractivity (Wildman–Crippen MR) is 125 cm³/mol. The molecule has 0 rings (SSSR count). The van der Waals surface area contributed by atoms with E-state index in [9.17, 15) is 0 Å². The molecule has 13 heavy (non-hydrogen) atoms. The zero-order chi connectivity index (χ0) is 0. The Hall–Kier alpha value is 12.1. The van der Waals surface area contributed by atoms with E-state index in [0.29, 0.717) is 0 Å². The van der Waals surface area contributed by atoms with Crippen molar-refractivity contribution in [2.75, 3.05) is 0 Å². The van der Waals surface area contributed by atoms with Crippen LogP contribution in [0.3, 0.4) is 0 Å². The van der Waals surface area contributed by atoms with Crippen molar-refractivity contribution < 1.29 is 0 Å². The molecule has 13 heteroatoms. The summed E-state index contributed by atoms with van der Waals surface area (Å²) >= 11 is 0. The zero-order valence-corrected chi connectivity index (χ0v) is 23.7. The molecule has 0 aliphatic carbocycles. The summed E-state index contributed by atoms with van der Waals surface area (Å²) in [5.74, 6) is 0. The van der Waals surface area contributed by atoms with Crippen molar-refractivity contribution in [3.63, 3.8) is 0 Å². The van der Waals surface area contributed by atoms with E-state index in [4.69, 9.17) is 0 Å². The molecule has 0 aliphatic heterocycles. The van der Waals surface area contributed by atoms with Gasteiger partial charge in [-0.15, -0.1) is 0 Å². The molecule has 0 nitrogen and oxygen atoms in total. The first-order chi connectivity index (χ1) is 0. The average Bonchev–Trinajstić information content (AvgIpc) is 0. The Labute approximate surface area is 376 Å². The van der Waals surface area contributed by atoms with Gasteiger partial charge in [0.1, 0.15) is 0 Å². The van der Waals surface area contributed by atoms with Crippen molar-refractivity contribution in [3.05, 3.63) is 0 Å². The van der Waals surface area contributed by atoms with Crippen LogP contribution in [0.4, 0.5) is 0 Å². The van der Waals surface area contributed by atoms with Crippen LogP contribution in [0.25, 0.3) is 0 Å². The van der Waals surface area contributed by atoms with Crippen LogP contribution in [0.15, 0.2) is 0 Å². The predicted octanol–water partition coefficient (Wildman–Crippen LogP) is -14.6. The molecular weight excluding hydrogens is 995 g/mol. The molecule has 0 spiro atoms.